The summed E-state index contributed by atoms with van der Waals surface area (Å²) in [5.41, 5.74) is 0.104. The molecule has 20 heavy (non-hydrogen) atoms. The Hall–Kier alpha value is -1.89. The van der Waals surface area contributed by atoms with Crippen molar-refractivity contribution in [2.75, 3.05) is 19.8 Å². The first-order valence-corrected chi connectivity index (χ1v) is 7.89. The lowest BCUT2D eigenvalue weighted by Gasteiger charge is -2.18. The molecule has 0 aliphatic rings. The van der Waals surface area contributed by atoms with Crippen molar-refractivity contribution in [3.05, 3.63) is 29.8 Å². The van der Waals surface area contributed by atoms with Gasteiger partial charge in [0.25, 0.3) is 5.91 Å². The van der Waals surface area contributed by atoms with Gasteiger partial charge in [-0.05, 0) is 18.6 Å². The number of carboxylic acid groups (broad SMARTS) is 1. The van der Waals surface area contributed by atoms with Crippen LogP contribution in [-0.4, -0.2) is 50.1 Å². The summed E-state index contributed by atoms with van der Waals surface area (Å²) < 4.78 is 23.3. The monoisotopic (exact) mass is 299 g/mol. The molecule has 1 amide bonds. The first-order valence-electron chi connectivity index (χ1n) is 6.00. The normalized spacial score (nSPS) is 11.1. The van der Waals surface area contributed by atoms with Gasteiger partial charge in [-0.3, -0.25) is 9.59 Å². The summed E-state index contributed by atoms with van der Waals surface area (Å²) in [6, 6.07) is 5.98. The number of carbonyl (C=O) groups excluding carboxylic acids is 1. The second kappa shape index (κ2) is 6.51. The van der Waals surface area contributed by atoms with Crippen LogP contribution >= 0.6 is 0 Å². The van der Waals surface area contributed by atoms with Crippen LogP contribution in [-0.2, 0) is 14.6 Å². The van der Waals surface area contributed by atoms with Crippen LogP contribution in [0.15, 0.2) is 29.2 Å². The number of aliphatic carboxylic acids is 1. The maximum Gasteiger partial charge on any atom is 0.303 e. The number of nitrogens with zero attached hydrogens (tertiary/aromatic N) is 1. The summed E-state index contributed by atoms with van der Waals surface area (Å²) in [6.45, 7) is 0.253. The predicted octanol–water partition coefficient (Wildman–Crippen LogP) is 1.03. The summed E-state index contributed by atoms with van der Waals surface area (Å²) in [5.74, 6) is -1.36. The van der Waals surface area contributed by atoms with Crippen LogP contribution in [0, 0.1) is 0 Å². The van der Waals surface area contributed by atoms with Crippen LogP contribution in [0.2, 0.25) is 0 Å². The lowest BCUT2D eigenvalue weighted by molar-refractivity contribution is -0.137. The number of rotatable bonds is 6. The largest absolute Gasteiger partial charge is 0.481 e. The number of carbonyl (C=O) groups is 2. The molecule has 0 fully saturated rings. The van der Waals surface area contributed by atoms with Gasteiger partial charge in [0.15, 0.2) is 9.84 Å². The Balaban J connectivity index is 2.90. The molecule has 1 aromatic rings. The van der Waals surface area contributed by atoms with Crippen molar-refractivity contribution in [3.63, 3.8) is 0 Å². The molecule has 0 aliphatic carbocycles. The second-order valence-electron chi connectivity index (χ2n) is 4.49. The second-order valence-corrected chi connectivity index (χ2v) is 6.48. The molecule has 6 nitrogen and oxygen atoms in total. The van der Waals surface area contributed by atoms with E-state index in [9.17, 15) is 18.0 Å². The first kappa shape index (κ1) is 16.2. The van der Waals surface area contributed by atoms with E-state index in [0.29, 0.717) is 6.42 Å². The average Bonchev–Trinajstić information content (AvgIpc) is 2.36. The van der Waals surface area contributed by atoms with Crippen molar-refractivity contribution in [1.29, 1.82) is 0 Å². The summed E-state index contributed by atoms with van der Waals surface area (Å²) in [4.78, 5) is 23.9. The van der Waals surface area contributed by atoms with Crippen LogP contribution in [0.5, 0.6) is 0 Å². The Bertz CT molecular complexity index is 609. The number of carboxylic acids is 1. The minimum absolute atomic E-state index is 0.0184. The van der Waals surface area contributed by atoms with Gasteiger partial charge in [0.05, 0.1) is 10.5 Å². The molecule has 0 bridgehead atoms. The molecule has 0 unspecified atom stereocenters. The van der Waals surface area contributed by atoms with Crippen LogP contribution in [0.3, 0.4) is 0 Å². The minimum Gasteiger partial charge on any atom is -0.481 e. The molecule has 1 N–H and O–H groups in total. The first-order chi connectivity index (χ1) is 9.23. The topological polar surface area (TPSA) is 91.8 Å². The van der Waals surface area contributed by atoms with Gasteiger partial charge < -0.3 is 10.0 Å². The Kier molecular flexibility index (Phi) is 5.26. The fraction of sp³-hybridized carbons (Fsp3) is 0.385. The van der Waals surface area contributed by atoms with Crippen molar-refractivity contribution < 1.29 is 23.1 Å². The molecule has 0 heterocycles. The zero-order valence-corrected chi connectivity index (χ0v) is 12.2. The molecule has 0 saturated carbocycles. The van der Waals surface area contributed by atoms with Crippen molar-refractivity contribution in [1.82, 2.24) is 4.90 Å². The van der Waals surface area contributed by atoms with Crippen LogP contribution in [0.25, 0.3) is 0 Å². The highest BCUT2D eigenvalue weighted by Gasteiger charge is 2.20. The summed E-state index contributed by atoms with van der Waals surface area (Å²) in [6.07, 6.45) is 1.33. The highest BCUT2D eigenvalue weighted by Crippen LogP contribution is 2.17. The maximum atomic E-state index is 12.2. The molecular weight excluding hydrogens is 282 g/mol. The van der Waals surface area contributed by atoms with E-state index in [4.69, 9.17) is 5.11 Å². The molecule has 0 aromatic heterocycles. The van der Waals surface area contributed by atoms with Gasteiger partial charge in [-0.1, -0.05) is 12.1 Å². The molecule has 0 atom stereocenters. The third kappa shape index (κ3) is 4.34. The lowest BCUT2D eigenvalue weighted by atomic mass is 10.2. The van der Waals surface area contributed by atoms with E-state index in [1.54, 1.807) is 12.1 Å². The van der Waals surface area contributed by atoms with Crippen LogP contribution in [0.4, 0.5) is 0 Å². The lowest BCUT2D eigenvalue weighted by Crippen LogP contribution is -2.29. The SMILES string of the molecule is CN(CCCC(=O)O)C(=O)c1ccccc1S(C)(=O)=O. The van der Waals surface area contributed by atoms with E-state index in [2.05, 4.69) is 0 Å². The molecule has 0 aliphatic heterocycles. The average molecular weight is 299 g/mol. The van der Waals surface area contributed by atoms with Crippen molar-refractivity contribution in [2.24, 2.45) is 0 Å². The van der Waals surface area contributed by atoms with Gasteiger partial charge in [0.1, 0.15) is 0 Å². The molecule has 1 aromatic carbocycles. The number of sulfone groups is 1. The van der Waals surface area contributed by atoms with E-state index < -0.39 is 21.7 Å². The Morgan fingerprint density at radius 2 is 1.85 bits per heavy atom. The molecule has 7 heteroatoms. The van der Waals surface area contributed by atoms with Gasteiger partial charge >= 0.3 is 5.97 Å². The number of hydrogen-bond acceptors (Lipinski definition) is 4. The molecule has 0 saturated heterocycles. The van der Waals surface area contributed by atoms with E-state index in [1.807, 2.05) is 0 Å². The van der Waals surface area contributed by atoms with Crippen molar-refractivity contribution in [2.45, 2.75) is 17.7 Å². The fourth-order valence-corrected chi connectivity index (χ4v) is 2.62. The van der Waals surface area contributed by atoms with Crippen molar-refractivity contribution >= 4 is 21.7 Å². The van der Waals surface area contributed by atoms with Gasteiger partial charge in [-0.15, -0.1) is 0 Å². The summed E-state index contributed by atoms with van der Waals surface area (Å²) >= 11 is 0. The van der Waals surface area contributed by atoms with Gasteiger partial charge in [0, 0.05) is 26.3 Å². The zero-order valence-electron chi connectivity index (χ0n) is 11.4. The number of hydrogen-bond donors (Lipinski definition) is 1. The van der Waals surface area contributed by atoms with E-state index in [1.165, 1.54) is 24.1 Å². The third-order valence-corrected chi connectivity index (χ3v) is 3.90. The Morgan fingerprint density at radius 3 is 2.40 bits per heavy atom. The standard InChI is InChI=1S/C13H17NO5S/c1-14(9-5-8-12(15)16)13(17)10-6-3-4-7-11(10)20(2,18)19/h3-4,6-7H,5,8-9H2,1-2H3,(H,15,16). The van der Waals surface area contributed by atoms with Gasteiger partial charge in [-0.25, -0.2) is 8.42 Å². The smallest absolute Gasteiger partial charge is 0.303 e. The molecular formula is C13H17NO5S. The van der Waals surface area contributed by atoms with Gasteiger partial charge in [0.2, 0.25) is 0 Å². The van der Waals surface area contributed by atoms with E-state index in [0.717, 1.165) is 6.26 Å². The van der Waals surface area contributed by atoms with E-state index >= 15 is 0 Å². The minimum atomic E-state index is -3.49. The van der Waals surface area contributed by atoms with Gasteiger partial charge in [-0.2, -0.15) is 0 Å². The Labute approximate surface area is 117 Å². The summed E-state index contributed by atoms with van der Waals surface area (Å²) in [7, 11) is -1.97. The van der Waals surface area contributed by atoms with E-state index in [-0.39, 0.29) is 23.4 Å². The predicted molar refractivity (Wildman–Crippen MR) is 73.4 cm³/mol. The highest BCUT2D eigenvalue weighted by atomic mass is 32.2. The van der Waals surface area contributed by atoms with Crippen LogP contribution < -0.4 is 0 Å². The summed E-state index contributed by atoms with van der Waals surface area (Å²) in [5, 5.41) is 8.55. The fourth-order valence-electron chi connectivity index (χ4n) is 1.74. The zero-order chi connectivity index (χ0) is 15.3. The molecule has 110 valence electrons. The molecule has 0 radical (unpaired) electrons. The maximum absolute atomic E-state index is 12.2. The third-order valence-electron chi connectivity index (χ3n) is 2.75. The number of benzene rings is 1. The molecule has 0 spiro atoms. The highest BCUT2D eigenvalue weighted by molar-refractivity contribution is 7.90. The quantitative estimate of drug-likeness (QED) is 0.847. The van der Waals surface area contributed by atoms with Crippen molar-refractivity contribution in [3.8, 4) is 0 Å². The van der Waals surface area contributed by atoms with Crippen LogP contribution in [0.1, 0.15) is 23.2 Å². The molecule has 1 rings (SSSR count). The number of amides is 1. The Morgan fingerprint density at radius 1 is 1.25 bits per heavy atom.